The molecule has 132 valence electrons. The van der Waals surface area contributed by atoms with Crippen LogP contribution < -0.4 is 10.6 Å². The minimum Gasteiger partial charge on any atom is -0.384 e. The molecule has 0 heterocycles. The largest absolute Gasteiger partial charge is 0.384 e. The Morgan fingerprint density at radius 1 is 1.12 bits per heavy atom. The van der Waals surface area contributed by atoms with Gasteiger partial charge in [0.05, 0.1) is 13.1 Å². The minimum absolute atomic E-state index is 0.0473. The number of benzene rings is 1. The lowest BCUT2D eigenvalue weighted by Crippen LogP contribution is -2.43. The third kappa shape index (κ3) is 5.96. The van der Waals surface area contributed by atoms with Crippen LogP contribution in [-0.2, 0) is 15.2 Å². The van der Waals surface area contributed by atoms with Gasteiger partial charge in [0.25, 0.3) is 0 Å². The molecule has 1 aliphatic carbocycles. The molecule has 0 radical (unpaired) electrons. The molecule has 0 saturated heterocycles. The molecule has 1 fully saturated rings. The molecule has 1 saturated carbocycles. The first kappa shape index (κ1) is 18.5. The first-order chi connectivity index (χ1) is 11.5. The van der Waals surface area contributed by atoms with Gasteiger partial charge in [0.1, 0.15) is 5.60 Å². The fourth-order valence-corrected chi connectivity index (χ4v) is 3.13. The fraction of sp³-hybridized carbons (Fsp3) is 0.579. The average molecular weight is 332 g/mol. The Kier molecular flexibility index (Phi) is 6.79. The molecule has 5 nitrogen and oxygen atoms in total. The van der Waals surface area contributed by atoms with Gasteiger partial charge in [-0.05, 0) is 24.8 Å². The molecule has 0 aromatic heterocycles. The van der Waals surface area contributed by atoms with Gasteiger partial charge in [0.15, 0.2) is 0 Å². The number of amides is 2. The van der Waals surface area contributed by atoms with Gasteiger partial charge in [-0.15, -0.1) is 0 Å². The van der Waals surface area contributed by atoms with Crippen LogP contribution in [0, 0.1) is 5.92 Å². The van der Waals surface area contributed by atoms with Crippen LogP contribution in [0.15, 0.2) is 30.3 Å². The van der Waals surface area contributed by atoms with E-state index in [9.17, 15) is 14.7 Å². The lowest BCUT2D eigenvalue weighted by atomic mass is 9.96. The quantitative estimate of drug-likeness (QED) is 0.682. The Hall–Kier alpha value is -1.88. The molecule has 1 unspecified atom stereocenters. The summed E-state index contributed by atoms with van der Waals surface area (Å²) >= 11 is 0. The smallest absolute Gasteiger partial charge is 0.239 e. The number of rotatable bonds is 8. The van der Waals surface area contributed by atoms with Crippen molar-refractivity contribution in [2.45, 2.75) is 51.0 Å². The fourth-order valence-electron chi connectivity index (χ4n) is 3.13. The number of aliphatic hydroxyl groups is 1. The molecule has 2 rings (SSSR count). The van der Waals surface area contributed by atoms with Crippen molar-refractivity contribution >= 4 is 11.8 Å². The van der Waals surface area contributed by atoms with Gasteiger partial charge in [-0.25, -0.2) is 0 Å². The first-order valence-electron chi connectivity index (χ1n) is 8.79. The van der Waals surface area contributed by atoms with E-state index in [-0.39, 0.29) is 24.9 Å². The number of carbonyl (C=O) groups excluding carboxylic acids is 2. The lowest BCUT2D eigenvalue weighted by Gasteiger charge is -2.24. The highest BCUT2D eigenvalue weighted by atomic mass is 16.3. The minimum atomic E-state index is -1.14. The summed E-state index contributed by atoms with van der Waals surface area (Å²) in [6.07, 6.45) is 6.40. The van der Waals surface area contributed by atoms with E-state index in [1.807, 2.05) is 30.3 Å². The van der Waals surface area contributed by atoms with Gasteiger partial charge in [0.2, 0.25) is 11.8 Å². The van der Waals surface area contributed by atoms with Crippen molar-refractivity contribution in [2.24, 2.45) is 5.92 Å². The molecule has 1 atom stereocenters. The molecule has 2 amide bonds. The van der Waals surface area contributed by atoms with Gasteiger partial charge in [0, 0.05) is 6.42 Å². The highest BCUT2D eigenvalue weighted by Crippen LogP contribution is 2.28. The molecule has 3 N–H and O–H groups in total. The van der Waals surface area contributed by atoms with E-state index in [2.05, 4.69) is 10.6 Å². The van der Waals surface area contributed by atoms with Crippen LogP contribution >= 0.6 is 0 Å². The van der Waals surface area contributed by atoms with Gasteiger partial charge < -0.3 is 15.7 Å². The van der Waals surface area contributed by atoms with Crippen molar-refractivity contribution in [3.8, 4) is 0 Å². The zero-order valence-electron chi connectivity index (χ0n) is 14.4. The van der Waals surface area contributed by atoms with Crippen molar-refractivity contribution in [1.29, 1.82) is 0 Å². The summed E-state index contributed by atoms with van der Waals surface area (Å²) in [6.45, 7) is 1.71. The van der Waals surface area contributed by atoms with Crippen molar-refractivity contribution < 1.29 is 14.7 Å². The zero-order valence-corrected chi connectivity index (χ0v) is 14.4. The van der Waals surface area contributed by atoms with Crippen molar-refractivity contribution in [3.63, 3.8) is 0 Å². The van der Waals surface area contributed by atoms with E-state index in [0.29, 0.717) is 12.3 Å². The third-order valence-electron chi connectivity index (χ3n) is 4.73. The van der Waals surface area contributed by atoms with Crippen molar-refractivity contribution in [2.75, 3.05) is 13.1 Å². The first-order valence-corrected chi connectivity index (χ1v) is 8.79. The van der Waals surface area contributed by atoms with Gasteiger partial charge in [-0.2, -0.15) is 0 Å². The Morgan fingerprint density at radius 3 is 2.46 bits per heavy atom. The summed E-state index contributed by atoms with van der Waals surface area (Å²) in [6, 6.07) is 9.19. The van der Waals surface area contributed by atoms with Gasteiger partial charge in [-0.3, -0.25) is 9.59 Å². The summed E-state index contributed by atoms with van der Waals surface area (Å²) in [5.74, 6) is 0.304. The number of carbonyl (C=O) groups is 2. The maximum absolute atomic E-state index is 11.8. The third-order valence-corrected chi connectivity index (χ3v) is 4.73. The monoisotopic (exact) mass is 332 g/mol. The van der Waals surface area contributed by atoms with E-state index < -0.39 is 5.60 Å². The summed E-state index contributed by atoms with van der Waals surface area (Å²) in [7, 11) is 0. The predicted octanol–water partition coefficient (Wildman–Crippen LogP) is 2.10. The van der Waals surface area contributed by atoms with E-state index in [0.717, 1.165) is 12.0 Å². The Balaban J connectivity index is 1.64. The van der Waals surface area contributed by atoms with Crippen LogP contribution in [0.1, 0.15) is 51.0 Å². The maximum Gasteiger partial charge on any atom is 0.239 e. The number of nitrogens with one attached hydrogen (secondary N) is 2. The van der Waals surface area contributed by atoms with Gasteiger partial charge >= 0.3 is 0 Å². The van der Waals surface area contributed by atoms with Crippen molar-refractivity contribution in [3.05, 3.63) is 35.9 Å². The van der Waals surface area contributed by atoms with E-state index in [4.69, 9.17) is 0 Å². The molecule has 0 bridgehead atoms. The molecule has 0 aliphatic heterocycles. The second-order valence-electron chi connectivity index (χ2n) is 6.88. The summed E-state index contributed by atoms with van der Waals surface area (Å²) < 4.78 is 0. The summed E-state index contributed by atoms with van der Waals surface area (Å²) in [5.41, 5.74) is -0.394. The SMILES string of the molecule is CC(O)(CNC(=O)CNC(=O)CCC1CCCC1)c1ccccc1. The highest BCUT2D eigenvalue weighted by Gasteiger charge is 2.23. The molecular formula is C19H28N2O3. The van der Waals surface area contributed by atoms with Gasteiger partial charge in [-0.1, -0.05) is 56.0 Å². The lowest BCUT2D eigenvalue weighted by molar-refractivity contribution is -0.126. The molecular weight excluding hydrogens is 304 g/mol. The number of hydrogen-bond acceptors (Lipinski definition) is 3. The normalized spacial score (nSPS) is 17.2. The van der Waals surface area contributed by atoms with Crippen LogP contribution in [0.2, 0.25) is 0 Å². The Labute approximate surface area is 143 Å². The Morgan fingerprint density at radius 2 is 1.79 bits per heavy atom. The molecule has 1 aliphatic rings. The van der Waals surface area contributed by atoms with Crippen LogP contribution in [0.4, 0.5) is 0 Å². The molecule has 1 aromatic carbocycles. The van der Waals surface area contributed by atoms with E-state index in [1.165, 1.54) is 25.7 Å². The molecule has 5 heteroatoms. The van der Waals surface area contributed by atoms with E-state index in [1.54, 1.807) is 6.92 Å². The van der Waals surface area contributed by atoms with Crippen LogP contribution in [0.25, 0.3) is 0 Å². The molecule has 24 heavy (non-hydrogen) atoms. The second kappa shape index (κ2) is 8.83. The number of hydrogen-bond donors (Lipinski definition) is 3. The van der Waals surface area contributed by atoms with Crippen LogP contribution in [0.3, 0.4) is 0 Å². The molecule has 1 aromatic rings. The average Bonchev–Trinajstić information content (AvgIpc) is 3.10. The summed E-state index contributed by atoms with van der Waals surface area (Å²) in [5, 5.41) is 15.7. The zero-order chi connectivity index (χ0) is 17.4. The van der Waals surface area contributed by atoms with Crippen molar-refractivity contribution in [1.82, 2.24) is 10.6 Å². The second-order valence-corrected chi connectivity index (χ2v) is 6.88. The predicted molar refractivity (Wildman–Crippen MR) is 93.2 cm³/mol. The van der Waals surface area contributed by atoms with Crippen LogP contribution in [0.5, 0.6) is 0 Å². The van der Waals surface area contributed by atoms with E-state index >= 15 is 0 Å². The summed E-state index contributed by atoms with van der Waals surface area (Å²) in [4.78, 5) is 23.6. The maximum atomic E-state index is 11.8. The topological polar surface area (TPSA) is 78.4 Å². The highest BCUT2D eigenvalue weighted by molar-refractivity contribution is 5.84. The molecule has 0 spiro atoms. The van der Waals surface area contributed by atoms with Crippen LogP contribution in [-0.4, -0.2) is 30.0 Å². The Bertz CT molecular complexity index is 537. The standard InChI is InChI=1S/C19H28N2O3/c1-19(24,16-9-3-2-4-10-16)14-21-18(23)13-20-17(22)12-11-15-7-5-6-8-15/h2-4,9-10,15,24H,5-8,11-14H2,1H3,(H,20,22)(H,21,23).